The molecule has 0 aliphatic rings. The average Bonchev–Trinajstić information content (AvgIpc) is 2.00. The van der Waals surface area contributed by atoms with E-state index in [2.05, 4.69) is 20.9 Å². The first-order chi connectivity index (χ1) is 5.97. The number of halogens is 1. The van der Waals surface area contributed by atoms with Crippen LogP contribution in [0.5, 0.6) is 0 Å². The Morgan fingerprint density at radius 1 is 1.38 bits per heavy atom. The van der Waals surface area contributed by atoms with Crippen molar-refractivity contribution in [1.29, 1.82) is 0 Å². The van der Waals surface area contributed by atoms with Crippen LogP contribution >= 0.6 is 15.9 Å². The first-order valence-electron chi connectivity index (χ1n) is 4.21. The van der Waals surface area contributed by atoms with Crippen molar-refractivity contribution in [2.24, 2.45) is 0 Å². The number of rotatable bonds is 2. The van der Waals surface area contributed by atoms with Crippen molar-refractivity contribution in [2.75, 3.05) is 0 Å². The van der Waals surface area contributed by atoms with Gasteiger partial charge < -0.3 is 4.74 Å². The van der Waals surface area contributed by atoms with E-state index in [1.807, 2.05) is 33.0 Å². The molecular weight excluding hydrogens is 230 g/mol. The van der Waals surface area contributed by atoms with Crippen LogP contribution < -0.4 is 0 Å². The van der Waals surface area contributed by atoms with E-state index in [0.717, 1.165) is 10.0 Å². The third-order valence-electron chi connectivity index (χ3n) is 1.43. The first kappa shape index (κ1) is 10.7. The van der Waals surface area contributed by atoms with Gasteiger partial charge in [-0.15, -0.1) is 0 Å². The van der Waals surface area contributed by atoms with Crippen LogP contribution in [0.15, 0.2) is 22.9 Å². The predicted molar refractivity (Wildman–Crippen MR) is 56.5 cm³/mol. The molecule has 0 aliphatic heterocycles. The van der Waals surface area contributed by atoms with E-state index in [0.29, 0.717) is 6.61 Å². The van der Waals surface area contributed by atoms with Gasteiger partial charge in [0.2, 0.25) is 0 Å². The second-order valence-corrected chi connectivity index (χ2v) is 4.83. The number of nitrogens with zero attached hydrogens (tertiary/aromatic N) is 1. The lowest BCUT2D eigenvalue weighted by molar-refractivity contribution is -0.0150. The maximum atomic E-state index is 5.61. The summed E-state index contributed by atoms with van der Waals surface area (Å²) in [6.07, 6.45) is 3.58. The summed E-state index contributed by atoms with van der Waals surface area (Å²) in [5, 5.41) is 0. The molecule has 0 fully saturated rings. The summed E-state index contributed by atoms with van der Waals surface area (Å²) in [5.74, 6) is 0. The Bertz CT molecular complexity index is 280. The topological polar surface area (TPSA) is 22.1 Å². The van der Waals surface area contributed by atoms with E-state index in [1.54, 1.807) is 6.20 Å². The fourth-order valence-electron chi connectivity index (χ4n) is 0.835. The molecule has 0 aliphatic carbocycles. The third kappa shape index (κ3) is 4.39. The summed E-state index contributed by atoms with van der Waals surface area (Å²) >= 11 is 3.36. The van der Waals surface area contributed by atoms with E-state index in [4.69, 9.17) is 4.74 Å². The first-order valence-corrected chi connectivity index (χ1v) is 5.00. The van der Waals surface area contributed by atoms with Gasteiger partial charge in [-0.05, 0) is 48.3 Å². The smallest absolute Gasteiger partial charge is 0.0739 e. The van der Waals surface area contributed by atoms with Crippen molar-refractivity contribution in [2.45, 2.75) is 33.0 Å². The van der Waals surface area contributed by atoms with Gasteiger partial charge in [-0.1, -0.05) is 0 Å². The lowest BCUT2D eigenvalue weighted by Crippen LogP contribution is -2.18. The molecule has 0 spiro atoms. The Kier molecular flexibility index (Phi) is 3.45. The number of hydrogen-bond donors (Lipinski definition) is 0. The van der Waals surface area contributed by atoms with Gasteiger partial charge in [-0.2, -0.15) is 0 Å². The molecule has 1 aromatic heterocycles. The van der Waals surface area contributed by atoms with E-state index >= 15 is 0 Å². The molecule has 0 bridgehead atoms. The van der Waals surface area contributed by atoms with Crippen LogP contribution in [0.1, 0.15) is 26.3 Å². The molecule has 1 aromatic rings. The monoisotopic (exact) mass is 243 g/mol. The number of ether oxygens (including phenoxy) is 1. The fourth-order valence-corrected chi connectivity index (χ4v) is 1.25. The van der Waals surface area contributed by atoms with Gasteiger partial charge in [-0.25, -0.2) is 0 Å². The molecule has 13 heavy (non-hydrogen) atoms. The van der Waals surface area contributed by atoms with Crippen molar-refractivity contribution in [1.82, 2.24) is 4.98 Å². The van der Waals surface area contributed by atoms with Gasteiger partial charge in [0.05, 0.1) is 12.2 Å². The number of hydrogen-bond acceptors (Lipinski definition) is 2. The standard InChI is InChI=1S/C10H14BrNO/c1-10(2,3)13-7-8-4-9(11)6-12-5-8/h4-6H,7H2,1-3H3. The number of pyridine rings is 1. The van der Waals surface area contributed by atoms with Gasteiger partial charge in [0.25, 0.3) is 0 Å². The van der Waals surface area contributed by atoms with Crippen LogP contribution in [0.4, 0.5) is 0 Å². The van der Waals surface area contributed by atoms with Crippen LogP contribution in [0.2, 0.25) is 0 Å². The molecule has 72 valence electrons. The summed E-state index contributed by atoms with van der Waals surface area (Å²) in [6, 6.07) is 2.01. The Morgan fingerprint density at radius 3 is 2.62 bits per heavy atom. The highest BCUT2D eigenvalue weighted by Gasteiger charge is 2.09. The summed E-state index contributed by atoms with van der Waals surface area (Å²) in [7, 11) is 0. The molecule has 0 atom stereocenters. The molecular formula is C10H14BrNO. The minimum atomic E-state index is -0.0949. The van der Waals surface area contributed by atoms with Crippen molar-refractivity contribution < 1.29 is 4.74 Å². The summed E-state index contributed by atoms with van der Waals surface area (Å²) in [4.78, 5) is 4.06. The molecule has 0 unspecified atom stereocenters. The van der Waals surface area contributed by atoms with E-state index in [9.17, 15) is 0 Å². The van der Waals surface area contributed by atoms with Crippen LogP contribution in [0.3, 0.4) is 0 Å². The maximum absolute atomic E-state index is 5.61. The summed E-state index contributed by atoms with van der Waals surface area (Å²) in [6.45, 7) is 6.73. The van der Waals surface area contributed by atoms with E-state index in [-0.39, 0.29) is 5.60 Å². The zero-order chi connectivity index (χ0) is 9.90. The van der Waals surface area contributed by atoms with Gasteiger partial charge in [0.15, 0.2) is 0 Å². The lowest BCUT2D eigenvalue weighted by Gasteiger charge is -2.19. The fraction of sp³-hybridized carbons (Fsp3) is 0.500. The molecule has 1 heterocycles. The molecule has 0 amide bonds. The maximum Gasteiger partial charge on any atom is 0.0739 e. The summed E-state index contributed by atoms with van der Waals surface area (Å²) < 4.78 is 6.60. The molecule has 0 aromatic carbocycles. The van der Waals surface area contributed by atoms with Crippen LogP contribution in [-0.2, 0) is 11.3 Å². The minimum absolute atomic E-state index is 0.0949. The molecule has 0 N–H and O–H groups in total. The average molecular weight is 244 g/mol. The molecule has 3 heteroatoms. The second-order valence-electron chi connectivity index (χ2n) is 3.91. The van der Waals surface area contributed by atoms with Gasteiger partial charge in [0, 0.05) is 16.9 Å². The second kappa shape index (κ2) is 4.20. The highest BCUT2D eigenvalue weighted by molar-refractivity contribution is 9.10. The van der Waals surface area contributed by atoms with Crippen molar-refractivity contribution in [3.05, 3.63) is 28.5 Å². The largest absolute Gasteiger partial charge is 0.371 e. The Morgan fingerprint density at radius 2 is 2.08 bits per heavy atom. The van der Waals surface area contributed by atoms with Crippen molar-refractivity contribution >= 4 is 15.9 Å². The Labute approximate surface area is 87.5 Å². The normalized spacial score (nSPS) is 11.7. The molecule has 1 rings (SSSR count). The zero-order valence-electron chi connectivity index (χ0n) is 8.17. The van der Waals surface area contributed by atoms with Crippen molar-refractivity contribution in [3.8, 4) is 0 Å². The minimum Gasteiger partial charge on any atom is -0.371 e. The predicted octanol–water partition coefficient (Wildman–Crippen LogP) is 3.16. The number of aromatic nitrogens is 1. The molecule has 0 saturated heterocycles. The van der Waals surface area contributed by atoms with Gasteiger partial charge >= 0.3 is 0 Å². The Hall–Kier alpha value is -0.410. The van der Waals surface area contributed by atoms with Crippen molar-refractivity contribution in [3.63, 3.8) is 0 Å². The molecule has 0 saturated carbocycles. The highest BCUT2D eigenvalue weighted by Crippen LogP contribution is 2.14. The molecule has 2 nitrogen and oxygen atoms in total. The van der Waals surface area contributed by atoms with Gasteiger partial charge in [-0.3, -0.25) is 4.98 Å². The third-order valence-corrected chi connectivity index (χ3v) is 1.87. The Balaban J connectivity index is 2.55. The van der Waals surface area contributed by atoms with Crippen LogP contribution in [-0.4, -0.2) is 10.6 Å². The quantitative estimate of drug-likeness (QED) is 0.797. The van der Waals surface area contributed by atoms with E-state index < -0.39 is 0 Å². The molecule has 0 radical (unpaired) electrons. The zero-order valence-corrected chi connectivity index (χ0v) is 9.76. The van der Waals surface area contributed by atoms with Crippen LogP contribution in [0.25, 0.3) is 0 Å². The van der Waals surface area contributed by atoms with E-state index in [1.165, 1.54) is 0 Å². The SMILES string of the molecule is CC(C)(C)OCc1cncc(Br)c1. The highest BCUT2D eigenvalue weighted by atomic mass is 79.9. The lowest BCUT2D eigenvalue weighted by atomic mass is 10.2. The summed E-state index contributed by atoms with van der Waals surface area (Å²) in [5.41, 5.74) is 0.992. The van der Waals surface area contributed by atoms with Crippen LogP contribution in [0, 0.1) is 0 Å². The van der Waals surface area contributed by atoms with Gasteiger partial charge in [0.1, 0.15) is 0 Å².